The average molecular weight is 426 g/mol. The van der Waals surface area contributed by atoms with E-state index in [1.807, 2.05) is 13.8 Å². The molecule has 0 bridgehead atoms. The number of anilines is 2. The third-order valence-electron chi connectivity index (χ3n) is 4.76. The van der Waals surface area contributed by atoms with Crippen molar-refractivity contribution in [3.63, 3.8) is 0 Å². The number of fused-ring (bicyclic) bond motifs is 1. The van der Waals surface area contributed by atoms with Gasteiger partial charge in [-0.05, 0) is 50.6 Å². The first-order chi connectivity index (χ1) is 14.8. The van der Waals surface area contributed by atoms with E-state index in [0.717, 1.165) is 5.56 Å². The number of rotatable bonds is 5. The van der Waals surface area contributed by atoms with Crippen molar-refractivity contribution in [2.24, 2.45) is 0 Å². The normalized spacial score (nSPS) is 11.7. The van der Waals surface area contributed by atoms with E-state index in [4.69, 9.17) is 4.74 Å². The average Bonchev–Trinajstić information content (AvgIpc) is 3.10. The molecule has 0 amide bonds. The second-order valence-corrected chi connectivity index (χ2v) is 7.19. The van der Waals surface area contributed by atoms with Gasteiger partial charge in [0.05, 0.1) is 12.2 Å². The van der Waals surface area contributed by atoms with Crippen molar-refractivity contribution in [2.75, 3.05) is 11.9 Å². The molecule has 0 radical (unpaired) electrons. The Morgan fingerprint density at radius 2 is 1.68 bits per heavy atom. The van der Waals surface area contributed by atoms with Crippen LogP contribution in [-0.4, -0.2) is 21.2 Å². The van der Waals surface area contributed by atoms with Crippen LogP contribution < -0.4 is 10.1 Å². The van der Waals surface area contributed by atoms with Crippen molar-refractivity contribution in [1.82, 2.24) is 14.6 Å². The smallest absolute Gasteiger partial charge is 0.435 e. The maximum Gasteiger partial charge on any atom is 0.435 e. The fourth-order valence-electron chi connectivity index (χ4n) is 3.36. The van der Waals surface area contributed by atoms with Crippen molar-refractivity contribution in [3.8, 4) is 16.9 Å². The second-order valence-electron chi connectivity index (χ2n) is 7.19. The lowest BCUT2D eigenvalue weighted by Gasteiger charge is -2.11. The number of aryl methyl sites for hydroxylation is 2. The first-order valence-corrected chi connectivity index (χ1v) is 9.80. The van der Waals surface area contributed by atoms with E-state index in [1.165, 1.54) is 4.52 Å². The van der Waals surface area contributed by atoms with Gasteiger partial charge in [-0.25, -0.2) is 4.98 Å². The van der Waals surface area contributed by atoms with E-state index in [0.29, 0.717) is 35.1 Å². The first kappa shape index (κ1) is 20.7. The molecule has 0 atom stereocenters. The van der Waals surface area contributed by atoms with Gasteiger partial charge in [-0.1, -0.05) is 29.8 Å². The van der Waals surface area contributed by atoms with Crippen LogP contribution >= 0.6 is 0 Å². The van der Waals surface area contributed by atoms with E-state index < -0.39 is 11.9 Å². The van der Waals surface area contributed by atoms with Gasteiger partial charge in [0.1, 0.15) is 11.6 Å². The summed E-state index contributed by atoms with van der Waals surface area (Å²) in [6, 6.07) is 15.7. The number of benzene rings is 2. The summed E-state index contributed by atoms with van der Waals surface area (Å²) in [5.74, 6) is 1.10. The number of hydrogen-bond donors (Lipinski definition) is 1. The molecule has 2 aromatic carbocycles. The van der Waals surface area contributed by atoms with Gasteiger partial charge in [-0.3, -0.25) is 0 Å². The third-order valence-corrected chi connectivity index (χ3v) is 4.76. The number of halogens is 3. The Balaban J connectivity index is 1.87. The molecule has 0 saturated heterocycles. The van der Waals surface area contributed by atoms with Gasteiger partial charge in [0.25, 0.3) is 0 Å². The van der Waals surface area contributed by atoms with Crippen molar-refractivity contribution >= 4 is 17.2 Å². The molecular formula is C23H21F3N4O. The highest BCUT2D eigenvalue weighted by Crippen LogP contribution is 2.39. The van der Waals surface area contributed by atoms with Gasteiger partial charge in [-0.15, -0.1) is 0 Å². The van der Waals surface area contributed by atoms with Crippen LogP contribution in [0.1, 0.15) is 23.9 Å². The van der Waals surface area contributed by atoms with E-state index in [9.17, 15) is 13.2 Å². The van der Waals surface area contributed by atoms with E-state index in [-0.39, 0.29) is 11.2 Å². The van der Waals surface area contributed by atoms with Crippen molar-refractivity contribution in [2.45, 2.75) is 26.9 Å². The summed E-state index contributed by atoms with van der Waals surface area (Å²) < 4.78 is 48.3. The van der Waals surface area contributed by atoms with Crippen LogP contribution in [0.3, 0.4) is 0 Å². The van der Waals surface area contributed by atoms with E-state index >= 15 is 0 Å². The Kier molecular flexibility index (Phi) is 5.31. The Hall–Kier alpha value is -3.55. The predicted octanol–water partition coefficient (Wildman–Crippen LogP) is 6.17. The lowest BCUT2D eigenvalue weighted by atomic mass is 10.0. The molecule has 0 aliphatic carbocycles. The summed E-state index contributed by atoms with van der Waals surface area (Å²) in [6.45, 7) is 6.06. The fraction of sp³-hybridized carbons (Fsp3) is 0.217. The molecule has 0 fully saturated rings. The van der Waals surface area contributed by atoms with Gasteiger partial charge in [0.2, 0.25) is 0 Å². The van der Waals surface area contributed by atoms with Crippen LogP contribution in [0.4, 0.5) is 24.7 Å². The number of nitrogens with zero attached hydrogens (tertiary/aromatic N) is 3. The Morgan fingerprint density at radius 1 is 1.00 bits per heavy atom. The van der Waals surface area contributed by atoms with Crippen molar-refractivity contribution in [1.29, 1.82) is 0 Å². The zero-order valence-electron chi connectivity index (χ0n) is 17.3. The zero-order valence-corrected chi connectivity index (χ0v) is 17.3. The summed E-state index contributed by atoms with van der Waals surface area (Å²) >= 11 is 0. The fourth-order valence-corrected chi connectivity index (χ4v) is 3.36. The van der Waals surface area contributed by atoms with Crippen molar-refractivity contribution in [3.05, 3.63) is 71.5 Å². The molecule has 160 valence electrons. The van der Waals surface area contributed by atoms with Crippen LogP contribution in [0, 0.1) is 13.8 Å². The number of ether oxygens (including phenoxy) is 1. The molecule has 31 heavy (non-hydrogen) atoms. The van der Waals surface area contributed by atoms with Crippen LogP contribution in [0.5, 0.6) is 5.75 Å². The lowest BCUT2D eigenvalue weighted by Crippen LogP contribution is -2.08. The van der Waals surface area contributed by atoms with Gasteiger partial charge in [0, 0.05) is 17.4 Å². The number of aromatic nitrogens is 3. The molecule has 4 rings (SSSR count). The third kappa shape index (κ3) is 4.19. The minimum atomic E-state index is -4.63. The number of hydrogen-bond acceptors (Lipinski definition) is 4. The Morgan fingerprint density at radius 3 is 2.29 bits per heavy atom. The summed E-state index contributed by atoms with van der Waals surface area (Å²) in [7, 11) is 0. The van der Waals surface area contributed by atoms with Crippen LogP contribution in [0.15, 0.2) is 54.6 Å². The topological polar surface area (TPSA) is 51.5 Å². The largest absolute Gasteiger partial charge is 0.494 e. The van der Waals surface area contributed by atoms with Crippen LogP contribution in [-0.2, 0) is 6.18 Å². The predicted molar refractivity (Wildman–Crippen MR) is 114 cm³/mol. The molecule has 5 nitrogen and oxygen atoms in total. The molecule has 0 aliphatic heterocycles. The molecule has 4 aromatic rings. The summed E-state index contributed by atoms with van der Waals surface area (Å²) in [5, 5.41) is 7.06. The molecule has 2 aromatic heterocycles. The van der Waals surface area contributed by atoms with Gasteiger partial charge in [-0.2, -0.15) is 22.8 Å². The lowest BCUT2D eigenvalue weighted by molar-refractivity contribution is -0.140. The maximum atomic E-state index is 13.9. The van der Waals surface area contributed by atoms with Gasteiger partial charge in [0.15, 0.2) is 11.3 Å². The SMILES string of the molecule is CCOc1ccc(Nc2cc(C)nc3c(-c4ccc(C)cc4)c(C(F)(F)F)nn23)cc1. The Labute approximate surface area is 177 Å². The minimum absolute atomic E-state index is 0.0362. The number of alkyl halides is 3. The number of nitrogens with one attached hydrogen (secondary N) is 1. The Bertz CT molecular complexity index is 1210. The summed E-state index contributed by atoms with van der Waals surface area (Å²) in [4.78, 5) is 4.39. The van der Waals surface area contributed by atoms with E-state index in [1.54, 1.807) is 61.5 Å². The van der Waals surface area contributed by atoms with Gasteiger partial charge >= 0.3 is 6.18 Å². The second kappa shape index (κ2) is 7.94. The zero-order chi connectivity index (χ0) is 22.2. The highest BCUT2D eigenvalue weighted by atomic mass is 19.4. The monoisotopic (exact) mass is 426 g/mol. The molecule has 0 spiro atoms. The van der Waals surface area contributed by atoms with Gasteiger partial charge < -0.3 is 10.1 Å². The van der Waals surface area contributed by atoms with Crippen molar-refractivity contribution < 1.29 is 17.9 Å². The quantitative estimate of drug-likeness (QED) is 0.414. The first-order valence-electron chi connectivity index (χ1n) is 9.80. The maximum absolute atomic E-state index is 13.9. The van der Waals surface area contributed by atoms with E-state index in [2.05, 4.69) is 15.4 Å². The molecule has 0 aliphatic rings. The summed E-state index contributed by atoms with van der Waals surface area (Å²) in [5.41, 5.74) is 1.77. The highest BCUT2D eigenvalue weighted by molar-refractivity contribution is 5.82. The van der Waals surface area contributed by atoms with Crippen LogP contribution in [0.25, 0.3) is 16.8 Å². The molecule has 8 heteroatoms. The molecule has 0 saturated carbocycles. The molecule has 1 N–H and O–H groups in total. The molecule has 0 unspecified atom stereocenters. The summed E-state index contributed by atoms with van der Waals surface area (Å²) in [6.07, 6.45) is -4.63. The molecular weight excluding hydrogens is 405 g/mol. The van der Waals surface area contributed by atoms with Crippen LogP contribution in [0.2, 0.25) is 0 Å². The standard InChI is InChI=1S/C23H21F3N4O/c1-4-31-18-11-9-17(10-12-18)28-19-13-15(3)27-22-20(16-7-5-14(2)6-8-16)21(23(24,25)26)29-30(19)22/h5-13,28H,4H2,1-3H3. The molecule has 2 heterocycles. The minimum Gasteiger partial charge on any atom is -0.494 e. The highest BCUT2D eigenvalue weighted by Gasteiger charge is 2.39.